The highest BCUT2D eigenvalue weighted by Gasteiger charge is 1.85. The fourth-order valence-electron chi connectivity index (χ4n) is 0. The van der Waals surface area contributed by atoms with Crippen molar-refractivity contribution in [3.63, 3.8) is 0 Å². The van der Waals surface area contributed by atoms with E-state index in [4.69, 9.17) is 10.2 Å². The van der Waals surface area contributed by atoms with E-state index in [1.807, 2.05) is 0 Å². The van der Waals surface area contributed by atoms with Crippen LogP contribution in [0.2, 0.25) is 0 Å². The topological polar surface area (TPSA) is 213 Å². The van der Waals surface area contributed by atoms with Crippen molar-refractivity contribution in [1.82, 2.24) is 18.5 Å². The SMILES string of the molecule is CC(=O)C(=O)[O-].CC[O-].CC[O-].[NH4+].[NH4+].[NH4+]. The van der Waals surface area contributed by atoms with Gasteiger partial charge in [-0.25, -0.2) is 0 Å². The molecule has 12 N–H and O–H groups in total. The van der Waals surface area contributed by atoms with E-state index in [1.165, 1.54) is 0 Å². The van der Waals surface area contributed by atoms with Crippen LogP contribution in [0.15, 0.2) is 0 Å². The van der Waals surface area contributed by atoms with Gasteiger partial charge < -0.3 is 38.6 Å². The van der Waals surface area contributed by atoms with Gasteiger partial charge in [-0.2, -0.15) is 0 Å². The van der Waals surface area contributed by atoms with E-state index in [9.17, 15) is 14.7 Å². The highest BCUT2D eigenvalue weighted by Crippen LogP contribution is 1.56. The lowest BCUT2D eigenvalue weighted by Gasteiger charge is -1.87. The standard InChI is InChI=1S/C3H4O3.2C2H5O.3H3N/c1-2(4)3(5)6;2*1-2-3;;;/h1H3,(H,5,6);2*2H2,1H3;3*1H3/q;2*-1;;;/p+2. The predicted octanol–water partition coefficient (Wildman–Crippen LogP) is -1.81. The van der Waals surface area contributed by atoms with Crippen LogP contribution in [0, 0.1) is 0 Å². The van der Waals surface area contributed by atoms with Crippen LogP contribution < -0.4 is 33.8 Å². The molecule has 0 atom stereocenters. The van der Waals surface area contributed by atoms with Crippen LogP contribution in [-0.2, 0) is 9.59 Å². The second-order valence-corrected chi connectivity index (χ2v) is 1.42. The molecule has 0 aliphatic carbocycles. The summed E-state index contributed by atoms with van der Waals surface area (Å²) in [5, 5.41) is 27.1. The zero-order valence-corrected chi connectivity index (χ0v) is 10.5. The number of quaternary nitrogens is 3. The number of ketones is 1. The average Bonchev–Trinajstić information content (AvgIpc) is 1.90. The van der Waals surface area contributed by atoms with Crippen molar-refractivity contribution < 1.29 is 24.9 Å². The van der Waals surface area contributed by atoms with Gasteiger partial charge in [-0.05, 0) is 0 Å². The molecule has 0 rings (SSSR count). The molecule has 0 heterocycles. The first-order valence-corrected chi connectivity index (χ1v) is 3.35. The smallest absolute Gasteiger partial charge is 0.175 e. The summed E-state index contributed by atoms with van der Waals surface area (Å²) in [6, 6.07) is 0. The largest absolute Gasteiger partial charge is 0.855 e. The molecule has 0 aromatic carbocycles. The molecule has 0 fully saturated rings. The molecule has 0 spiro atoms. The molecule has 0 aromatic heterocycles. The third kappa shape index (κ3) is 179. The summed E-state index contributed by atoms with van der Waals surface area (Å²) in [6.45, 7) is 4.08. The van der Waals surface area contributed by atoms with Crippen LogP contribution in [0.1, 0.15) is 20.8 Å². The number of carbonyl (C=O) groups is 2. The molecule has 0 unspecified atom stereocenters. The number of hydrogen-bond donors (Lipinski definition) is 3. The minimum absolute atomic E-state index is 0. The molecule has 0 aromatic rings. The van der Waals surface area contributed by atoms with Gasteiger partial charge in [0.1, 0.15) is 5.97 Å². The van der Waals surface area contributed by atoms with Crippen LogP contribution in [0.3, 0.4) is 0 Å². The van der Waals surface area contributed by atoms with Gasteiger partial charge in [-0.15, -0.1) is 13.2 Å². The Balaban J connectivity index is -0.0000000200. The summed E-state index contributed by atoms with van der Waals surface area (Å²) in [5.41, 5.74) is 0. The average molecular weight is 231 g/mol. The Kier molecular flexibility index (Phi) is 94.5. The van der Waals surface area contributed by atoms with E-state index in [2.05, 4.69) is 0 Å². The van der Waals surface area contributed by atoms with Crippen molar-refractivity contribution in [1.29, 1.82) is 0 Å². The highest BCUT2D eigenvalue weighted by atomic mass is 16.4. The number of rotatable bonds is 1. The Morgan fingerprint density at radius 2 is 1.00 bits per heavy atom. The summed E-state index contributed by atoms with van der Waals surface area (Å²) >= 11 is 0. The maximum Gasteiger partial charge on any atom is 0.175 e. The normalized spacial score (nSPS) is 5.40. The Morgan fingerprint density at radius 3 is 1.00 bits per heavy atom. The lowest BCUT2D eigenvalue weighted by atomic mass is 10.5. The summed E-state index contributed by atoms with van der Waals surface area (Å²) in [6.07, 6.45) is 0. The summed E-state index contributed by atoms with van der Waals surface area (Å²) < 4.78 is 0. The van der Waals surface area contributed by atoms with Crippen molar-refractivity contribution >= 4 is 11.8 Å². The van der Waals surface area contributed by atoms with E-state index in [-0.39, 0.29) is 31.7 Å². The van der Waals surface area contributed by atoms with Gasteiger partial charge in [0.15, 0.2) is 5.78 Å². The molecular weight excluding hydrogens is 206 g/mol. The minimum Gasteiger partial charge on any atom is -0.855 e. The minimum atomic E-state index is -1.63. The van der Waals surface area contributed by atoms with E-state index >= 15 is 0 Å². The van der Waals surface area contributed by atoms with Gasteiger partial charge in [0.25, 0.3) is 0 Å². The molecule has 8 nitrogen and oxygen atoms in total. The molecule has 0 saturated carbocycles. The summed E-state index contributed by atoms with van der Waals surface area (Å²) in [7, 11) is 0. The van der Waals surface area contributed by atoms with E-state index in [0.717, 1.165) is 6.92 Å². The first-order chi connectivity index (χ1) is 5.47. The molecule has 8 heteroatoms. The van der Waals surface area contributed by atoms with Crippen LogP contribution >= 0.6 is 0 Å². The Bertz CT molecular complexity index is 107. The number of carbonyl (C=O) groups excluding carboxylic acids is 2. The molecule has 0 saturated heterocycles. The fraction of sp³-hybridized carbons (Fsp3) is 0.714. The third-order valence-corrected chi connectivity index (χ3v) is 0.287. The first kappa shape index (κ1) is 37.0. The molecule has 98 valence electrons. The molecule has 0 aliphatic heterocycles. The lowest BCUT2D eigenvalue weighted by Crippen LogP contribution is -2.29. The number of carboxylic acid groups (broad SMARTS) is 1. The van der Waals surface area contributed by atoms with Gasteiger partial charge in [0.2, 0.25) is 0 Å². The van der Waals surface area contributed by atoms with E-state index in [1.54, 1.807) is 13.8 Å². The van der Waals surface area contributed by atoms with Crippen molar-refractivity contribution in [3.05, 3.63) is 0 Å². The Labute approximate surface area is 90.1 Å². The van der Waals surface area contributed by atoms with Gasteiger partial charge in [-0.1, -0.05) is 13.8 Å². The summed E-state index contributed by atoms with van der Waals surface area (Å²) in [5.74, 6) is -2.56. The zero-order chi connectivity index (χ0) is 10.6. The first-order valence-electron chi connectivity index (χ1n) is 3.35. The monoisotopic (exact) mass is 231 g/mol. The van der Waals surface area contributed by atoms with Crippen LogP contribution in [0.5, 0.6) is 0 Å². The van der Waals surface area contributed by atoms with Crippen molar-refractivity contribution in [2.75, 3.05) is 13.2 Å². The Hall–Kier alpha value is -1.06. The van der Waals surface area contributed by atoms with Crippen molar-refractivity contribution in [3.8, 4) is 0 Å². The zero-order valence-electron chi connectivity index (χ0n) is 10.5. The number of carboxylic acids is 1. The van der Waals surface area contributed by atoms with Crippen LogP contribution in [0.25, 0.3) is 0 Å². The molecule has 0 amide bonds. The Morgan fingerprint density at radius 1 is 0.933 bits per heavy atom. The van der Waals surface area contributed by atoms with Gasteiger partial charge >= 0.3 is 0 Å². The van der Waals surface area contributed by atoms with Crippen molar-refractivity contribution in [2.24, 2.45) is 0 Å². The fourth-order valence-corrected chi connectivity index (χ4v) is 0. The van der Waals surface area contributed by atoms with Crippen LogP contribution in [-0.4, -0.2) is 25.0 Å². The number of hydrogen-bond acceptors (Lipinski definition) is 5. The molecule has 15 heavy (non-hydrogen) atoms. The molecular formula is C7H25N3O5. The second kappa shape index (κ2) is 38.3. The van der Waals surface area contributed by atoms with Gasteiger partial charge in [0, 0.05) is 6.92 Å². The van der Waals surface area contributed by atoms with Gasteiger partial charge in [-0.3, -0.25) is 4.79 Å². The number of aliphatic carboxylic acids is 1. The lowest BCUT2D eigenvalue weighted by molar-refractivity contribution is -0.362. The van der Waals surface area contributed by atoms with E-state index < -0.39 is 11.8 Å². The molecule has 0 radical (unpaired) electrons. The number of Topliss-reactive ketones (excluding diaryl/α,β-unsaturated/α-hetero) is 1. The van der Waals surface area contributed by atoms with Crippen molar-refractivity contribution in [2.45, 2.75) is 20.8 Å². The quantitative estimate of drug-likeness (QED) is 0.443. The molecule has 0 aliphatic rings. The third-order valence-electron chi connectivity index (χ3n) is 0.287. The van der Waals surface area contributed by atoms with Crippen LogP contribution in [0.4, 0.5) is 0 Å². The summed E-state index contributed by atoms with van der Waals surface area (Å²) in [4.78, 5) is 18.7. The maximum absolute atomic E-state index is 9.48. The second-order valence-electron chi connectivity index (χ2n) is 1.42. The highest BCUT2D eigenvalue weighted by molar-refractivity contribution is 6.30. The predicted molar refractivity (Wildman–Crippen MR) is 54.7 cm³/mol. The van der Waals surface area contributed by atoms with Gasteiger partial charge in [0.05, 0.1) is 0 Å². The maximum atomic E-state index is 9.48. The molecule has 0 bridgehead atoms. The van der Waals surface area contributed by atoms with E-state index in [0.29, 0.717) is 0 Å².